The Hall–Kier alpha value is -1.02. The molecule has 2 rings (SSSR count). The van der Waals surface area contributed by atoms with Gasteiger partial charge < -0.3 is 9.47 Å². The lowest BCUT2D eigenvalue weighted by molar-refractivity contribution is 0.0400. The van der Waals surface area contributed by atoms with Crippen molar-refractivity contribution in [2.24, 2.45) is 0 Å². The first kappa shape index (κ1) is 10.5. The van der Waals surface area contributed by atoms with Crippen molar-refractivity contribution in [1.29, 1.82) is 0 Å². The van der Waals surface area contributed by atoms with E-state index in [2.05, 4.69) is 26.0 Å². The Kier molecular flexibility index (Phi) is 3.27. The monoisotopic (exact) mass is 206 g/mol. The fraction of sp³-hybridized carbons (Fsp3) is 0.538. The van der Waals surface area contributed by atoms with Gasteiger partial charge in [-0.3, -0.25) is 0 Å². The topological polar surface area (TPSA) is 18.5 Å². The van der Waals surface area contributed by atoms with Crippen LogP contribution in [0.25, 0.3) is 0 Å². The first-order valence-corrected chi connectivity index (χ1v) is 5.66. The minimum atomic E-state index is 0.309. The second kappa shape index (κ2) is 4.67. The molecule has 1 aliphatic heterocycles. The smallest absolute Gasteiger partial charge is 0.122 e. The molecule has 1 aliphatic rings. The molecular weight excluding hydrogens is 188 g/mol. The van der Waals surface area contributed by atoms with Crippen molar-refractivity contribution in [2.45, 2.75) is 39.4 Å². The molecule has 0 aliphatic carbocycles. The van der Waals surface area contributed by atoms with Gasteiger partial charge in [0.1, 0.15) is 5.75 Å². The molecule has 15 heavy (non-hydrogen) atoms. The lowest BCUT2D eigenvalue weighted by Crippen LogP contribution is -2.19. The third-order valence-electron chi connectivity index (χ3n) is 2.71. The zero-order valence-electron chi connectivity index (χ0n) is 9.45. The largest absolute Gasteiger partial charge is 0.493 e. The van der Waals surface area contributed by atoms with Crippen molar-refractivity contribution < 1.29 is 9.47 Å². The van der Waals surface area contributed by atoms with Gasteiger partial charge in [-0.15, -0.1) is 0 Å². The zero-order valence-corrected chi connectivity index (χ0v) is 9.45. The van der Waals surface area contributed by atoms with E-state index in [0.717, 1.165) is 31.8 Å². The van der Waals surface area contributed by atoms with Crippen molar-refractivity contribution >= 4 is 0 Å². The summed E-state index contributed by atoms with van der Waals surface area (Å²) in [5.74, 6) is 1.05. The molecule has 0 fully saturated rings. The predicted molar refractivity (Wildman–Crippen MR) is 60.2 cm³/mol. The molecule has 0 bridgehead atoms. The maximum atomic E-state index is 5.75. The molecule has 0 amide bonds. The van der Waals surface area contributed by atoms with Gasteiger partial charge in [-0.25, -0.2) is 0 Å². The van der Waals surface area contributed by atoms with E-state index in [1.807, 2.05) is 6.07 Å². The average Bonchev–Trinajstić information content (AvgIpc) is 2.26. The minimum absolute atomic E-state index is 0.309. The SMILES string of the molecule is CCCOc1cccc2c1C[C@@H](C)OC2. The van der Waals surface area contributed by atoms with E-state index in [4.69, 9.17) is 9.47 Å². The van der Waals surface area contributed by atoms with Crippen LogP contribution in [0.2, 0.25) is 0 Å². The number of hydrogen-bond donors (Lipinski definition) is 0. The molecule has 2 nitrogen and oxygen atoms in total. The van der Waals surface area contributed by atoms with Gasteiger partial charge in [0.25, 0.3) is 0 Å². The first-order valence-electron chi connectivity index (χ1n) is 5.66. The normalized spacial score (nSPS) is 19.7. The highest BCUT2D eigenvalue weighted by Gasteiger charge is 2.18. The third-order valence-corrected chi connectivity index (χ3v) is 2.71. The molecule has 1 aromatic carbocycles. The van der Waals surface area contributed by atoms with Crippen LogP contribution in [0.5, 0.6) is 5.75 Å². The Morgan fingerprint density at radius 1 is 1.47 bits per heavy atom. The molecule has 2 heteroatoms. The Balaban J connectivity index is 2.23. The lowest BCUT2D eigenvalue weighted by Gasteiger charge is -2.24. The summed E-state index contributed by atoms with van der Waals surface area (Å²) in [5.41, 5.74) is 2.62. The highest BCUT2D eigenvalue weighted by molar-refractivity contribution is 5.41. The highest BCUT2D eigenvalue weighted by atomic mass is 16.5. The minimum Gasteiger partial charge on any atom is -0.493 e. The molecule has 0 saturated heterocycles. The van der Waals surface area contributed by atoms with Crippen LogP contribution in [0.1, 0.15) is 31.4 Å². The van der Waals surface area contributed by atoms with E-state index < -0.39 is 0 Å². The Morgan fingerprint density at radius 3 is 3.13 bits per heavy atom. The fourth-order valence-electron chi connectivity index (χ4n) is 1.90. The van der Waals surface area contributed by atoms with Crippen LogP contribution >= 0.6 is 0 Å². The van der Waals surface area contributed by atoms with E-state index in [0.29, 0.717) is 6.10 Å². The molecule has 82 valence electrons. The first-order chi connectivity index (χ1) is 7.31. The fourth-order valence-corrected chi connectivity index (χ4v) is 1.90. The van der Waals surface area contributed by atoms with Crippen molar-refractivity contribution in [3.8, 4) is 5.75 Å². The summed E-state index contributed by atoms with van der Waals surface area (Å²) in [5, 5.41) is 0. The number of rotatable bonds is 3. The lowest BCUT2D eigenvalue weighted by atomic mass is 9.99. The summed E-state index contributed by atoms with van der Waals surface area (Å²) < 4.78 is 11.4. The molecule has 0 saturated carbocycles. The van der Waals surface area contributed by atoms with E-state index in [1.54, 1.807) is 0 Å². The quantitative estimate of drug-likeness (QED) is 0.757. The standard InChI is InChI=1S/C13H18O2/c1-3-7-14-13-6-4-5-11-9-15-10(2)8-12(11)13/h4-6,10H,3,7-9H2,1-2H3/t10-/m1/s1. The van der Waals surface area contributed by atoms with Crippen LogP contribution in [-0.2, 0) is 17.8 Å². The zero-order chi connectivity index (χ0) is 10.7. The van der Waals surface area contributed by atoms with Crippen molar-refractivity contribution in [3.05, 3.63) is 29.3 Å². The molecule has 0 aromatic heterocycles. The number of ether oxygens (including phenoxy) is 2. The highest BCUT2D eigenvalue weighted by Crippen LogP contribution is 2.29. The van der Waals surface area contributed by atoms with Gasteiger partial charge in [-0.05, 0) is 25.0 Å². The maximum Gasteiger partial charge on any atom is 0.122 e. The van der Waals surface area contributed by atoms with Crippen LogP contribution in [0.4, 0.5) is 0 Å². The predicted octanol–water partition coefficient (Wildman–Crippen LogP) is 2.94. The molecule has 0 N–H and O–H groups in total. The molecule has 0 unspecified atom stereocenters. The Morgan fingerprint density at radius 2 is 2.33 bits per heavy atom. The number of benzene rings is 1. The van der Waals surface area contributed by atoms with Crippen LogP contribution in [-0.4, -0.2) is 12.7 Å². The van der Waals surface area contributed by atoms with Gasteiger partial charge in [0.15, 0.2) is 0 Å². The van der Waals surface area contributed by atoms with Crippen LogP contribution in [0, 0.1) is 0 Å². The van der Waals surface area contributed by atoms with Crippen LogP contribution in [0.15, 0.2) is 18.2 Å². The van der Waals surface area contributed by atoms with Gasteiger partial charge in [0.05, 0.1) is 19.3 Å². The third kappa shape index (κ3) is 2.32. The van der Waals surface area contributed by atoms with Crippen molar-refractivity contribution in [1.82, 2.24) is 0 Å². The summed E-state index contributed by atoms with van der Waals surface area (Å²) in [6.07, 6.45) is 2.33. The molecular formula is C13H18O2. The van der Waals surface area contributed by atoms with Crippen molar-refractivity contribution in [2.75, 3.05) is 6.61 Å². The Bertz CT molecular complexity index is 333. The summed E-state index contributed by atoms with van der Waals surface area (Å²) in [6.45, 7) is 5.76. The van der Waals surface area contributed by atoms with E-state index in [9.17, 15) is 0 Å². The van der Waals surface area contributed by atoms with Gasteiger partial charge in [0, 0.05) is 12.0 Å². The second-order valence-corrected chi connectivity index (χ2v) is 4.07. The van der Waals surface area contributed by atoms with E-state index >= 15 is 0 Å². The summed E-state index contributed by atoms with van der Waals surface area (Å²) in [6, 6.07) is 6.23. The summed E-state index contributed by atoms with van der Waals surface area (Å²) >= 11 is 0. The average molecular weight is 206 g/mol. The molecule has 0 spiro atoms. The number of hydrogen-bond acceptors (Lipinski definition) is 2. The molecule has 1 heterocycles. The van der Waals surface area contributed by atoms with Gasteiger partial charge in [0.2, 0.25) is 0 Å². The van der Waals surface area contributed by atoms with E-state index in [-0.39, 0.29) is 0 Å². The van der Waals surface area contributed by atoms with Crippen molar-refractivity contribution in [3.63, 3.8) is 0 Å². The number of fused-ring (bicyclic) bond motifs is 1. The maximum absolute atomic E-state index is 5.75. The summed E-state index contributed by atoms with van der Waals surface area (Å²) in [4.78, 5) is 0. The Labute approximate surface area is 91.2 Å². The second-order valence-electron chi connectivity index (χ2n) is 4.07. The van der Waals surface area contributed by atoms with Gasteiger partial charge in [-0.2, -0.15) is 0 Å². The molecule has 1 aromatic rings. The van der Waals surface area contributed by atoms with Gasteiger partial charge in [-0.1, -0.05) is 19.1 Å². The van der Waals surface area contributed by atoms with Crippen LogP contribution in [0.3, 0.4) is 0 Å². The summed E-state index contributed by atoms with van der Waals surface area (Å²) in [7, 11) is 0. The van der Waals surface area contributed by atoms with Gasteiger partial charge >= 0.3 is 0 Å². The molecule has 1 atom stereocenters. The molecule has 0 radical (unpaired) electrons. The van der Waals surface area contributed by atoms with E-state index in [1.165, 1.54) is 11.1 Å². The van der Waals surface area contributed by atoms with Crippen LogP contribution < -0.4 is 4.74 Å².